The molecule has 2 aromatic rings. The van der Waals surface area contributed by atoms with Crippen molar-refractivity contribution in [1.82, 2.24) is 20.0 Å². The van der Waals surface area contributed by atoms with Gasteiger partial charge in [-0.15, -0.1) is 11.3 Å². The zero-order chi connectivity index (χ0) is 15.3. The molecule has 0 unspecified atom stereocenters. The number of pyridine rings is 1. The quantitative estimate of drug-likeness (QED) is 0.795. The Hall–Kier alpha value is -1.35. The first-order valence-corrected chi connectivity index (χ1v) is 8.88. The Morgan fingerprint density at radius 1 is 1.33 bits per heavy atom. The van der Waals surface area contributed by atoms with Crippen molar-refractivity contribution >= 4 is 21.4 Å². The number of sulfonamides is 1. The Morgan fingerprint density at radius 2 is 2.14 bits per heavy atom. The van der Waals surface area contributed by atoms with Gasteiger partial charge in [0, 0.05) is 36.8 Å². The Labute approximate surface area is 128 Å². The number of aromatic nitrogens is 2. The largest absolute Gasteiger partial charge is 0.316 e. The lowest BCUT2D eigenvalue weighted by atomic mass is 10.3. The summed E-state index contributed by atoms with van der Waals surface area (Å²) in [7, 11) is -1.73. The second-order valence-corrected chi connectivity index (χ2v) is 7.22. The lowest BCUT2D eigenvalue weighted by Gasteiger charge is -2.06. The predicted octanol–water partition coefficient (Wildman–Crippen LogP) is 1.09. The Bertz CT molecular complexity index is 680. The van der Waals surface area contributed by atoms with Crippen molar-refractivity contribution in [3.05, 3.63) is 40.0 Å². The van der Waals surface area contributed by atoms with E-state index in [4.69, 9.17) is 0 Å². The molecule has 2 heterocycles. The third-order valence-electron chi connectivity index (χ3n) is 2.75. The summed E-state index contributed by atoms with van der Waals surface area (Å²) in [6.45, 7) is 2.89. The molecule has 0 bridgehead atoms. The highest BCUT2D eigenvalue weighted by atomic mass is 32.2. The zero-order valence-electron chi connectivity index (χ0n) is 12.0. The van der Waals surface area contributed by atoms with Crippen LogP contribution >= 0.6 is 11.3 Å². The fraction of sp³-hybridized carbons (Fsp3) is 0.385. The van der Waals surface area contributed by atoms with E-state index in [1.54, 1.807) is 12.3 Å². The van der Waals surface area contributed by atoms with Crippen LogP contribution in [0.1, 0.15) is 16.3 Å². The summed E-state index contributed by atoms with van der Waals surface area (Å²) in [5.74, 6) is 0. The molecule has 8 heteroatoms. The molecule has 0 aliphatic heterocycles. The molecule has 0 saturated heterocycles. The van der Waals surface area contributed by atoms with E-state index < -0.39 is 10.0 Å². The van der Waals surface area contributed by atoms with Gasteiger partial charge in [-0.05, 0) is 25.6 Å². The number of nitrogens with zero attached hydrogens (tertiary/aromatic N) is 2. The van der Waals surface area contributed by atoms with Gasteiger partial charge in [0.1, 0.15) is 0 Å². The molecule has 2 N–H and O–H groups in total. The topological polar surface area (TPSA) is 84.0 Å². The lowest BCUT2D eigenvalue weighted by molar-refractivity contribution is 0.577. The van der Waals surface area contributed by atoms with E-state index in [-0.39, 0.29) is 5.03 Å². The van der Waals surface area contributed by atoms with Crippen LogP contribution in [0.2, 0.25) is 0 Å². The Kier molecular flexibility index (Phi) is 5.40. The van der Waals surface area contributed by atoms with Gasteiger partial charge in [0.05, 0.1) is 5.01 Å². The van der Waals surface area contributed by atoms with E-state index in [0.717, 1.165) is 16.3 Å². The summed E-state index contributed by atoms with van der Waals surface area (Å²) < 4.78 is 26.7. The van der Waals surface area contributed by atoms with Crippen LogP contribution in [0.3, 0.4) is 0 Å². The van der Waals surface area contributed by atoms with Crippen LogP contribution in [0.4, 0.5) is 0 Å². The summed E-state index contributed by atoms with van der Waals surface area (Å²) in [4.78, 5) is 8.29. The maximum atomic E-state index is 12.1. The van der Waals surface area contributed by atoms with Crippen molar-refractivity contribution in [3.63, 3.8) is 0 Å². The molecule has 0 radical (unpaired) electrons. The van der Waals surface area contributed by atoms with E-state index in [2.05, 4.69) is 20.0 Å². The third kappa shape index (κ3) is 4.57. The maximum Gasteiger partial charge on any atom is 0.258 e. The van der Waals surface area contributed by atoms with Crippen molar-refractivity contribution in [2.24, 2.45) is 0 Å². The number of hydrogen-bond donors (Lipinski definition) is 2. The second kappa shape index (κ2) is 7.08. The minimum atomic E-state index is -3.56. The summed E-state index contributed by atoms with van der Waals surface area (Å²) in [6.07, 6.45) is 2.14. The molecule has 2 aromatic heterocycles. The third-order valence-corrected chi connectivity index (χ3v) is 5.15. The van der Waals surface area contributed by atoms with E-state index in [1.165, 1.54) is 17.4 Å². The van der Waals surface area contributed by atoms with Crippen molar-refractivity contribution in [2.75, 3.05) is 13.6 Å². The fourth-order valence-electron chi connectivity index (χ4n) is 1.76. The summed E-state index contributed by atoms with van der Waals surface area (Å²) in [5, 5.41) is 5.90. The van der Waals surface area contributed by atoms with Crippen LogP contribution in [0.15, 0.2) is 28.7 Å². The zero-order valence-corrected chi connectivity index (χ0v) is 13.6. The van der Waals surface area contributed by atoms with Gasteiger partial charge in [0.2, 0.25) is 0 Å². The molecule has 0 amide bonds. The molecule has 6 nitrogen and oxygen atoms in total. The molecule has 0 aromatic carbocycles. The van der Waals surface area contributed by atoms with Gasteiger partial charge in [-0.1, -0.05) is 6.07 Å². The number of nitrogens with one attached hydrogen (secondary N) is 2. The molecule has 0 saturated carbocycles. The molecule has 0 spiro atoms. The van der Waals surface area contributed by atoms with Crippen LogP contribution in [0.25, 0.3) is 0 Å². The average Bonchev–Trinajstić information content (AvgIpc) is 2.85. The molecular weight excluding hydrogens is 308 g/mol. The lowest BCUT2D eigenvalue weighted by Crippen LogP contribution is -2.26. The number of thiazole rings is 1. The first kappa shape index (κ1) is 16.0. The van der Waals surface area contributed by atoms with Gasteiger partial charge in [-0.25, -0.2) is 23.1 Å². The molecule has 0 aliphatic rings. The van der Waals surface area contributed by atoms with E-state index in [9.17, 15) is 8.42 Å². The summed E-state index contributed by atoms with van der Waals surface area (Å²) in [5.41, 5.74) is 1.90. The number of rotatable bonds is 7. The van der Waals surface area contributed by atoms with Crippen LogP contribution in [0.5, 0.6) is 0 Å². The van der Waals surface area contributed by atoms with Crippen LogP contribution in [-0.2, 0) is 23.0 Å². The highest BCUT2D eigenvalue weighted by molar-refractivity contribution is 7.89. The molecule has 0 aliphatic carbocycles. The van der Waals surface area contributed by atoms with Crippen molar-refractivity contribution in [1.29, 1.82) is 0 Å². The minimum absolute atomic E-state index is 0.0395. The van der Waals surface area contributed by atoms with Gasteiger partial charge in [-0.2, -0.15) is 0 Å². The molecule has 2 rings (SSSR count). The fourth-order valence-corrected chi connectivity index (χ4v) is 3.50. The first-order chi connectivity index (χ1) is 10.0. The standard InChI is InChI=1S/C13H18N4O2S2/c1-10-9-20-12(17-10)5-6-16-21(18,19)13-4-3-11(7-14-2)8-15-13/h3-4,8-9,14,16H,5-7H2,1-2H3. The Balaban J connectivity index is 1.94. The number of aryl methyl sites for hydroxylation is 1. The van der Waals surface area contributed by atoms with E-state index in [0.29, 0.717) is 19.5 Å². The highest BCUT2D eigenvalue weighted by Gasteiger charge is 2.15. The molecule has 0 atom stereocenters. The van der Waals surface area contributed by atoms with Crippen molar-refractivity contribution < 1.29 is 8.42 Å². The van der Waals surface area contributed by atoms with Crippen molar-refractivity contribution in [3.8, 4) is 0 Å². The SMILES string of the molecule is CNCc1ccc(S(=O)(=O)NCCc2nc(C)cs2)nc1. The van der Waals surface area contributed by atoms with Gasteiger partial charge in [0.15, 0.2) is 5.03 Å². The average molecular weight is 326 g/mol. The van der Waals surface area contributed by atoms with Gasteiger partial charge >= 0.3 is 0 Å². The molecule has 114 valence electrons. The van der Waals surface area contributed by atoms with Crippen molar-refractivity contribution in [2.45, 2.75) is 24.9 Å². The van der Waals surface area contributed by atoms with Crippen LogP contribution < -0.4 is 10.0 Å². The summed E-state index contributed by atoms with van der Waals surface area (Å²) in [6, 6.07) is 3.27. The van der Waals surface area contributed by atoms with Gasteiger partial charge in [-0.3, -0.25) is 0 Å². The molecule has 0 fully saturated rings. The van der Waals surface area contributed by atoms with Gasteiger partial charge < -0.3 is 5.32 Å². The monoisotopic (exact) mass is 326 g/mol. The highest BCUT2D eigenvalue weighted by Crippen LogP contribution is 2.10. The maximum absolute atomic E-state index is 12.1. The number of hydrogen-bond acceptors (Lipinski definition) is 6. The van der Waals surface area contributed by atoms with Crippen LogP contribution in [-0.4, -0.2) is 32.0 Å². The summed E-state index contributed by atoms with van der Waals surface area (Å²) >= 11 is 1.53. The second-order valence-electron chi connectivity index (χ2n) is 4.57. The van der Waals surface area contributed by atoms with Gasteiger partial charge in [0.25, 0.3) is 10.0 Å². The first-order valence-electron chi connectivity index (χ1n) is 6.51. The molecular formula is C13H18N4O2S2. The normalized spacial score (nSPS) is 11.7. The molecule has 21 heavy (non-hydrogen) atoms. The Morgan fingerprint density at radius 3 is 2.71 bits per heavy atom. The van der Waals surface area contributed by atoms with Crippen LogP contribution in [0, 0.1) is 6.92 Å². The van der Waals surface area contributed by atoms with E-state index in [1.807, 2.05) is 19.4 Å². The smallest absolute Gasteiger partial charge is 0.258 e. The van der Waals surface area contributed by atoms with E-state index >= 15 is 0 Å². The minimum Gasteiger partial charge on any atom is -0.316 e. The predicted molar refractivity (Wildman–Crippen MR) is 82.7 cm³/mol.